The van der Waals surface area contributed by atoms with Crippen LogP contribution in [0, 0.1) is 0 Å². The zero-order chi connectivity index (χ0) is 17.0. The van der Waals surface area contributed by atoms with Crippen LogP contribution in [-0.2, 0) is 11.3 Å². The van der Waals surface area contributed by atoms with E-state index in [0.717, 1.165) is 5.56 Å². The smallest absolute Gasteiger partial charge is 0.238 e. The Balaban J connectivity index is 2.03. The molecular formula is C16H14Cl4N2O. The lowest BCUT2D eigenvalue weighted by atomic mass is 10.2. The van der Waals surface area contributed by atoms with Crippen molar-refractivity contribution in [2.45, 2.75) is 6.54 Å². The van der Waals surface area contributed by atoms with Crippen LogP contribution >= 0.6 is 46.4 Å². The minimum Gasteiger partial charge on any atom is -0.322 e. The van der Waals surface area contributed by atoms with Gasteiger partial charge in [0.15, 0.2) is 0 Å². The second-order valence-electron chi connectivity index (χ2n) is 5.05. The summed E-state index contributed by atoms with van der Waals surface area (Å²) in [4.78, 5) is 14.1. The van der Waals surface area contributed by atoms with Gasteiger partial charge in [0.2, 0.25) is 5.91 Å². The lowest BCUT2D eigenvalue weighted by Crippen LogP contribution is -2.30. The Labute approximate surface area is 155 Å². The van der Waals surface area contributed by atoms with E-state index in [1.54, 1.807) is 0 Å². The van der Waals surface area contributed by atoms with Crippen molar-refractivity contribution in [1.82, 2.24) is 4.90 Å². The van der Waals surface area contributed by atoms with Gasteiger partial charge in [0, 0.05) is 6.54 Å². The van der Waals surface area contributed by atoms with Gasteiger partial charge in [0.25, 0.3) is 0 Å². The molecule has 0 radical (unpaired) electrons. The molecule has 0 spiro atoms. The number of rotatable bonds is 5. The van der Waals surface area contributed by atoms with E-state index in [0.29, 0.717) is 6.54 Å². The van der Waals surface area contributed by atoms with Crippen molar-refractivity contribution in [1.29, 1.82) is 0 Å². The lowest BCUT2D eigenvalue weighted by molar-refractivity contribution is -0.117. The molecule has 23 heavy (non-hydrogen) atoms. The number of hydrogen-bond donors (Lipinski definition) is 1. The average molecular weight is 392 g/mol. The predicted octanol–water partition coefficient (Wildman–Crippen LogP) is 5.37. The molecule has 2 rings (SSSR count). The highest BCUT2D eigenvalue weighted by atomic mass is 35.5. The first kappa shape index (κ1) is 18.4. The summed E-state index contributed by atoms with van der Waals surface area (Å²) >= 11 is 24.1. The van der Waals surface area contributed by atoms with Crippen molar-refractivity contribution in [3.63, 3.8) is 0 Å². The van der Waals surface area contributed by atoms with Crippen molar-refractivity contribution in [2.24, 2.45) is 0 Å². The molecule has 1 amide bonds. The maximum absolute atomic E-state index is 12.2. The van der Waals surface area contributed by atoms with Gasteiger partial charge >= 0.3 is 0 Å². The molecular weight excluding hydrogens is 378 g/mol. The first-order valence-corrected chi connectivity index (χ1v) is 8.25. The van der Waals surface area contributed by atoms with Crippen LogP contribution in [0.3, 0.4) is 0 Å². The molecule has 2 aromatic rings. The van der Waals surface area contributed by atoms with E-state index in [1.165, 1.54) is 6.07 Å². The molecule has 0 bridgehead atoms. The zero-order valence-corrected chi connectivity index (χ0v) is 15.3. The minimum atomic E-state index is -0.259. The maximum Gasteiger partial charge on any atom is 0.238 e. The summed E-state index contributed by atoms with van der Waals surface area (Å²) in [5.74, 6) is -0.259. The van der Waals surface area contributed by atoms with Crippen LogP contribution in [-0.4, -0.2) is 24.4 Å². The Morgan fingerprint density at radius 3 is 2.17 bits per heavy atom. The van der Waals surface area contributed by atoms with Crippen LogP contribution < -0.4 is 5.32 Å². The molecule has 7 heteroatoms. The number of nitrogens with zero attached hydrogens (tertiary/aromatic N) is 1. The Kier molecular flexibility index (Phi) is 6.57. The van der Waals surface area contributed by atoms with E-state index < -0.39 is 0 Å². The van der Waals surface area contributed by atoms with Crippen molar-refractivity contribution >= 4 is 58.0 Å². The van der Waals surface area contributed by atoms with E-state index in [4.69, 9.17) is 46.4 Å². The molecule has 0 fully saturated rings. The monoisotopic (exact) mass is 390 g/mol. The van der Waals surface area contributed by atoms with E-state index >= 15 is 0 Å². The van der Waals surface area contributed by atoms with Gasteiger partial charge in [-0.3, -0.25) is 9.69 Å². The van der Waals surface area contributed by atoms with Gasteiger partial charge in [-0.2, -0.15) is 0 Å². The second kappa shape index (κ2) is 8.22. The third-order valence-electron chi connectivity index (χ3n) is 3.09. The number of halogens is 4. The highest BCUT2D eigenvalue weighted by molar-refractivity contribution is 6.50. The zero-order valence-electron chi connectivity index (χ0n) is 12.2. The highest BCUT2D eigenvalue weighted by Crippen LogP contribution is 2.40. The lowest BCUT2D eigenvalue weighted by Gasteiger charge is -2.17. The summed E-state index contributed by atoms with van der Waals surface area (Å²) in [5.41, 5.74) is 1.34. The number of likely N-dealkylation sites (N-methyl/N-ethyl adjacent to an activating group) is 1. The Morgan fingerprint density at radius 1 is 1.04 bits per heavy atom. The van der Waals surface area contributed by atoms with Gasteiger partial charge in [0.1, 0.15) is 0 Å². The number of carbonyl (C=O) groups excluding carboxylic acids is 1. The van der Waals surface area contributed by atoms with Gasteiger partial charge in [-0.25, -0.2) is 0 Å². The van der Waals surface area contributed by atoms with Gasteiger partial charge in [-0.05, 0) is 18.7 Å². The molecule has 0 aliphatic heterocycles. The average Bonchev–Trinajstić information content (AvgIpc) is 2.50. The molecule has 2 aromatic carbocycles. The molecule has 0 saturated heterocycles. The molecule has 122 valence electrons. The molecule has 0 aliphatic rings. The Hall–Kier alpha value is -0.970. The van der Waals surface area contributed by atoms with E-state index in [2.05, 4.69) is 5.32 Å². The molecule has 0 aliphatic carbocycles. The SMILES string of the molecule is CN(CC(=O)Nc1c(Cl)c(Cl)cc(Cl)c1Cl)Cc1ccccc1. The highest BCUT2D eigenvalue weighted by Gasteiger charge is 2.17. The normalized spacial score (nSPS) is 10.9. The molecule has 0 aromatic heterocycles. The largest absolute Gasteiger partial charge is 0.322 e. The quantitative estimate of drug-likeness (QED) is 0.694. The maximum atomic E-state index is 12.2. The summed E-state index contributed by atoms with van der Waals surface area (Å²) in [6.07, 6.45) is 0. The summed E-state index contributed by atoms with van der Waals surface area (Å²) in [6, 6.07) is 11.3. The van der Waals surface area contributed by atoms with Gasteiger partial charge in [-0.15, -0.1) is 0 Å². The van der Waals surface area contributed by atoms with E-state index in [1.807, 2.05) is 42.3 Å². The Morgan fingerprint density at radius 2 is 1.61 bits per heavy atom. The number of amides is 1. The number of anilines is 1. The summed E-state index contributed by atoms with van der Waals surface area (Å²) in [5, 5.41) is 3.46. The molecule has 0 atom stereocenters. The Bertz CT molecular complexity index is 681. The second-order valence-corrected chi connectivity index (χ2v) is 6.62. The van der Waals surface area contributed by atoms with E-state index in [9.17, 15) is 4.79 Å². The van der Waals surface area contributed by atoms with Crippen molar-refractivity contribution in [2.75, 3.05) is 18.9 Å². The molecule has 3 nitrogen and oxygen atoms in total. The number of carbonyl (C=O) groups is 1. The van der Waals surface area contributed by atoms with Gasteiger partial charge in [-0.1, -0.05) is 76.7 Å². The first-order valence-electron chi connectivity index (χ1n) is 6.73. The van der Waals surface area contributed by atoms with Crippen LogP contribution in [0.5, 0.6) is 0 Å². The van der Waals surface area contributed by atoms with Crippen LogP contribution in [0.1, 0.15) is 5.56 Å². The number of hydrogen-bond acceptors (Lipinski definition) is 2. The standard InChI is InChI=1S/C16H14Cl4N2O/c1-22(8-10-5-3-2-4-6-10)9-13(23)21-16-14(19)11(17)7-12(18)15(16)20/h2-7H,8-9H2,1H3,(H,21,23). The van der Waals surface area contributed by atoms with Crippen LogP contribution in [0.15, 0.2) is 36.4 Å². The van der Waals surface area contributed by atoms with Crippen LogP contribution in [0.25, 0.3) is 0 Å². The summed E-state index contributed by atoms with van der Waals surface area (Å²) in [6.45, 7) is 0.817. The fourth-order valence-electron chi connectivity index (χ4n) is 2.06. The predicted molar refractivity (Wildman–Crippen MR) is 97.9 cm³/mol. The van der Waals surface area contributed by atoms with Gasteiger partial charge < -0.3 is 5.32 Å². The first-order chi connectivity index (χ1) is 10.9. The molecule has 0 heterocycles. The van der Waals surface area contributed by atoms with Crippen molar-refractivity contribution in [3.8, 4) is 0 Å². The fraction of sp³-hybridized carbons (Fsp3) is 0.188. The van der Waals surface area contributed by atoms with Crippen LogP contribution in [0.4, 0.5) is 5.69 Å². The minimum absolute atomic E-state index is 0.167. The summed E-state index contributed by atoms with van der Waals surface area (Å²) < 4.78 is 0. The topological polar surface area (TPSA) is 32.3 Å². The van der Waals surface area contributed by atoms with E-state index in [-0.39, 0.29) is 38.2 Å². The fourth-order valence-corrected chi connectivity index (χ4v) is 2.96. The van der Waals surface area contributed by atoms with Gasteiger partial charge in [0.05, 0.1) is 32.3 Å². The van der Waals surface area contributed by atoms with Crippen LogP contribution in [0.2, 0.25) is 20.1 Å². The third-order valence-corrected chi connectivity index (χ3v) is 4.66. The molecule has 1 N–H and O–H groups in total. The third kappa shape index (κ3) is 5.00. The van der Waals surface area contributed by atoms with Crippen molar-refractivity contribution < 1.29 is 4.79 Å². The number of benzene rings is 2. The number of nitrogens with one attached hydrogen (secondary N) is 1. The van der Waals surface area contributed by atoms with Crippen molar-refractivity contribution in [3.05, 3.63) is 62.1 Å². The molecule has 0 unspecified atom stereocenters. The molecule has 0 saturated carbocycles. The summed E-state index contributed by atoms with van der Waals surface area (Å²) in [7, 11) is 1.85.